The third-order valence-corrected chi connectivity index (χ3v) is 4.14. The van der Waals surface area contributed by atoms with Gasteiger partial charge in [0.1, 0.15) is 11.3 Å². The van der Waals surface area contributed by atoms with Gasteiger partial charge in [0.2, 0.25) is 6.79 Å². The van der Waals surface area contributed by atoms with Gasteiger partial charge in [-0.25, -0.2) is 9.69 Å². The molecule has 8 heteroatoms. The molecular formula is C19H14N2O6. The fourth-order valence-corrected chi connectivity index (χ4v) is 2.78. The number of hydrogen-bond donors (Lipinski definition) is 1. The maximum Gasteiger partial charge on any atom is 0.335 e. The van der Waals surface area contributed by atoms with Crippen molar-refractivity contribution in [2.24, 2.45) is 0 Å². The fraction of sp³-hybridized carbons (Fsp3) is 0.105. The molecule has 0 spiro atoms. The van der Waals surface area contributed by atoms with Crippen LogP contribution in [0.2, 0.25) is 0 Å². The summed E-state index contributed by atoms with van der Waals surface area (Å²) in [6.07, 6.45) is 1.42. The van der Waals surface area contributed by atoms with Gasteiger partial charge in [-0.3, -0.25) is 14.9 Å². The molecule has 1 saturated heterocycles. The molecule has 4 amide bonds. The average molecular weight is 366 g/mol. The molecule has 8 nitrogen and oxygen atoms in total. The van der Waals surface area contributed by atoms with Crippen LogP contribution in [-0.4, -0.2) is 31.7 Å². The zero-order valence-corrected chi connectivity index (χ0v) is 14.2. The summed E-state index contributed by atoms with van der Waals surface area (Å²) in [4.78, 5) is 38.2. The molecular weight excluding hydrogens is 352 g/mol. The molecule has 0 radical (unpaired) electrons. The van der Waals surface area contributed by atoms with Crippen molar-refractivity contribution in [3.8, 4) is 17.2 Å². The van der Waals surface area contributed by atoms with Crippen LogP contribution in [0.25, 0.3) is 6.08 Å². The molecule has 2 heterocycles. The Kier molecular flexibility index (Phi) is 4.00. The molecule has 0 atom stereocenters. The summed E-state index contributed by atoms with van der Waals surface area (Å²) in [6.45, 7) is 0.0695. The number of methoxy groups -OCH3 is 1. The number of rotatable bonds is 3. The van der Waals surface area contributed by atoms with E-state index in [9.17, 15) is 14.4 Å². The number of carbonyl (C=O) groups excluding carboxylic acids is 3. The Morgan fingerprint density at radius 1 is 1.04 bits per heavy atom. The zero-order valence-electron chi connectivity index (χ0n) is 14.2. The number of benzene rings is 2. The number of nitrogens with zero attached hydrogens (tertiary/aromatic N) is 1. The van der Waals surface area contributed by atoms with Gasteiger partial charge in [0.25, 0.3) is 11.8 Å². The first kappa shape index (κ1) is 16.6. The van der Waals surface area contributed by atoms with Crippen LogP contribution in [0.4, 0.5) is 10.5 Å². The number of nitrogens with one attached hydrogen (secondary N) is 1. The molecule has 1 fully saturated rings. The van der Waals surface area contributed by atoms with Crippen LogP contribution in [0.1, 0.15) is 5.56 Å². The smallest absolute Gasteiger partial charge is 0.335 e. The molecule has 0 saturated carbocycles. The highest BCUT2D eigenvalue weighted by Gasteiger charge is 2.37. The number of amides is 4. The summed E-state index contributed by atoms with van der Waals surface area (Å²) in [6, 6.07) is 10.7. The molecule has 2 aromatic carbocycles. The second-order valence-corrected chi connectivity index (χ2v) is 5.77. The van der Waals surface area contributed by atoms with Crippen molar-refractivity contribution in [3.63, 3.8) is 0 Å². The highest BCUT2D eigenvalue weighted by molar-refractivity contribution is 6.39. The van der Waals surface area contributed by atoms with Crippen molar-refractivity contribution < 1.29 is 28.6 Å². The van der Waals surface area contributed by atoms with Crippen molar-refractivity contribution in [1.82, 2.24) is 5.32 Å². The number of carbonyl (C=O) groups is 3. The van der Waals surface area contributed by atoms with E-state index in [4.69, 9.17) is 14.2 Å². The molecule has 4 rings (SSSR count). The molecule has 2 aliphatic rings. The van der Waals surface area contributed by atoms with Crippen LogP contribution < -0.4 is 24.4 Å². The fourth-order valence-electron chi connectivity index (χ4n) is 2.78. The topological polar surface area (TPSA) is 94.2 Å². The Bertz CT molecular complexity index is 980. The van der Waals surface area contributed by atoms with Gasteiger partial charge in [0.05, 0.1) is 12.8 Å². The Balaban J connectivity index is 1.69. The normalized spacial score (nSPS) is 17.3. The van der Waals surface area contributed by atoms with Gasteiger partial charge >= 0.3 is 6.03 Å². The van der Waals surface area contributed by atoms with Gasteiger partial charge in [0.15, 0.2) is 11.5 Å². The van der Waals surface area contributed by atoms with E-state index in [-0.39, 0.29) is 18.1 Å². The SMILES string of the molecule is COc1ccc(/C=C2/C(=O)NC(=O)N(c3ccc4c(c3)OCO4)C2=O)cc1. The Labute approximate surface area is 153 Å². The molecule has 2 aliphatic heterocycles. The molecule has 0 aliphatic carbocycles. The predicted molar refractivity (Wildman–Crippen MR) is 94.6 cm³/mol. The lowest BCUT2D eigenvalue weighted by molar-refractivity contribution is -0.122. The van der Waals surface area contributed by atoms with E-state index in [2.05, 4.69) is 5.32 Å². The molecule has 136 valence electrons. The summed E-state index contributed by atoms with van der Waals surface area (Å²) in [5, 5.41) is 2.18. The van der Waals surface area contributed by atoms with Gasteiger partial charge in [-0.2, -0.15) is 0 Å². The maximum atomic E-state index is 12.9. The van der Waals surface area contributed by atoms with Crippen molar-refractivity contribution in [2.75, 3.05) is 18.8 Å². The molecule has 0 bridgehead atoms. The number of fused-ring (bicyclic) bond motifs is 1. The molecule has 0 unspecified atom stereocenters. The molecule has 27 heavy (non-hydrogen) atoms. The van der Waals surface area contributed by atoms with Crippen LogP contribution in [0.5, 0.6) is 17.2 Å². The van der Waals surface area contributed by atoms with Gasteiger partial charge in [-0.15, -0.1) is 0 Å². The number of imide groups is 2. The lowest BCUT2D eigenvalue weighted by Gasteiger charge is -2.26. The van der Waals surface area contributed by atoms with E-state index in [0.29, 0.717) is 22.8 Å². The Hall–Kier alpha value is -3.81. The van der Waals surface area contributed by atoms with E-state index >= 15 is 0 Å². The van der Waals surface area contributed by atoms with Crippen LogP contribution in [0, 0.1) is 0 Å². The van der Waals surface area contributed by atoms with Gasteiger partial charge < -0.3 is 14.2 Å². The predicted octanol–water partition coefficient (Wildman–Crippen LogP) is 2.09. The van der Waals surface area contributed by atoms with Crippen LogP contribution >= 0.6 is 0 Å². The first-order valence-corrected chi connectivity index (χ1v) is 8.02. The molecule has 2 aromatic rings. The van der Waals surface area contributed by atoms with Crippen LogP contribution in [0.15, 0.2) is 48.0 Å². The number of hydrogen-bond acceptors (Lipinski definition) is 6. The van der Waals surface area contributed by atoms with E-state index in [0.717, 1.165) is 4.90 Å². The number of ether oxygens (including phenoxy) is 3. The third kappa shape index (κ3) is 2.97. The van der Waals surface area contributed by atoms with E-state index in [1.54, 1.807) is 43.5 Å². The lowest BCUT2D eigenvalue weighted by atomic mass is 10.1. The van der Waals surface area contributed by atoms with E-state index < -0.39 is 17.8 Å². The van der Waals surface area contributed by atoms with Crippen molar-refractivity contribution in [1.29, 1.82) is 0 Å². The quantitative estimate of drug-likeness (QED) is 0.660. The van der Waals surface area contributed by atoms with Crippen molar-refractivity contribution in [3.05, 3.63) is 53.6 Å². The molecule has 0 aromatic heterocycles. The molecule has 1 N–H and O–H groups in total. The second kappa shape index (κ2) is 6.49. The van der Waals surface area contributed by atoms with Gasteiger partial charge in [-0.1, -0.05) is 12.1 Å². The van der Waals surface area contributed by atoms with E-state index in [1.807, 2.05) is 0 Å². The minimum Gasteiger partial charge on any atom is -0.497 e. The average Bonchev–Trinajstić information content (AvgIpc) is 3.13. The third-order valence-electron chi connectivity index (χ3n) is 4.14. The summed E-state index contributed by atoms with van der Waals surface area (Å²) in [7, 11) is 1.54. The number of barbiturate groups is 1. The number of anilines is 1. The first-order valence-electron chi connectivity index (χ1n) is 8.02. The zero-order chi connectivity index (χ0) is 19.0. The van der Waals surface area contributed by atoms with E-state index in [1.165, 1.54) is 12.1 Å². The van der Waals surface area contributed by atoms with Crippen LogP contribution in [-0.2, 0) is 9.59 Å². The summed E-state index contributed by atoms with van der Waals surface area (Å²) >= 11 is 0. The highest BCUT2D eigenvalue weighted by Crippen LogP contribution is 2.36. The highest BCUT2D eigenvalue weighted by atomic mass is 16.7. The lowest BCUT2D eigenvalue weighted by Crippen LogP contribution is -2.54. The Morgan fingerprint density at radius 2 is 1.78 bits per heavy atom. The standard InChI is InChI=1S/C19H14N2O6/c1-25-13-5-2-11(3-6-13)8-14-17(22)20-19(24)21(18(14)23)12-4-7-15-16(9-12)27-10-26-15/h2-9H,10H2,1H3,(H,20,22,24)/b14-8-. The van der Waals surface area contributed by atoms with Crippen molar-refractivity contribution in [2.45, 2.75) is 0 Å². The maximum absolute atomic E-state index is 12.9. The second-order valence-electron chi connectivity index (χ2n) is 5.77. The monoisotopic (exact) mass is 366 g/mol. The number of urea groups is 1. The van der Waals surface area contributed by atoms with Gasteiger partial charge in [0, 0.05) is 6.07 Å². The Morgan fingerprint density at radius 3 is 2.52 bits per heavy atom. The van der Waals surface area contributed by atoms with Gasteiger partial charge in [-0.05, 0) is 35.9 Å². The minimum atomic E-state index is -0.823. The van der Waals surface area contributed by atoms with Crippen LogP contribution in [0.3, 0.4) is 0 Å². The van der Waals surface area contributed by atoms with Crippen molar-refractivity contribution >= 4 is 29.6 Å². The largest absolute Gasteiger partial charge is 0.497 e. The summed E-state index contributed by atoms with van der Waals surface area (Å²) in [5.74, 6) is 0.115. The first-order chi connectivity index (χ1) is 13.1. The summed E-state index contributed by atoms with van der Waals surface area (Å²) < 4.78 is 15.6. The summed E-state index contributed by atoms with van der Waals surface area (Å²) in [5.41, 5.74) is 0.738. The minimum absolute atomic E-state index is 0.0695.